The molecule has 1 N–H and O–H groups in total. The van der Waals surface area contributed by atoms with Crippen LogP contribution in [-0.2, 0) is 14.3 Å². The number of carbonyl (C=O) groups is 1. The fraction of sp³-hybridized carbons (Fsp3) is 0.486. The monoisotopic (exact) mass is 644 g/mol. The maximum absolute atomic E-state index is 15.2. The number of anilines is 1. The van der Waals surface area contributed by atoms with Crippen molar-refractivity contribution in [3.05, 3.63) is 65.6 Å². The number of rotatable bonds is 3. The quantitative estimate of drug-likeness (QED) is 0.242. The number of aromatic nitrogens is 3. The minimum absolute atomic E-state index is 0.171. The lowest BCUT2D eigenvalue weighted by Gasteiger charge is -2.41. The van der Waals surface area contributed by atoms with Crippen LogP contribution >= 0.6 is 0 Å². The molecule has 5 heterocycles. The van der Waals surface area contributed by atoms with E-state index < -0.39 is 23.5 Å². The zero-order valence-electron chi connectivity index (χ0n) is 28.2. The van der Waals surface area contributed by atoms with Gasteiger partial charge in [0, 0.05) is 42.6 Å². The Labute approximate surface area is 275 Å². The van der Waals surface area contributed by atoms with Crippen molar-refractivity contribution >= 4 is 17.4 Å². The molecule has 0 aliphatic carbocycles. The summed E-state index contributed by atoms with van der Waals surface area (Å²) in [7, 11) is 0. The van der Waals surface area contributed by atoms with Gasteiger partial charge in [0.1, 0.15) is 5.82 Å². The van der Waals surface area contributed by atoms with Crippen LogP contribution in [0.2, 0.25) is 0 Å². The lowest BCUT2D eigenvalue weighted by molar-refractivity contribution is -0.160. The van der Waals surface area contributed by atoms with Gasteiger partial charge in [0.2, 0.25) is 0 Å². The molecular formula is C37H45FN4O5. The molecule has 2 aromatic carbocycles. The molecule has 0 amide bonds. The van der Waals surface area contributed by atoms with E-state index >= 15 is 4.39 Å². The molecule has 1 fully saturated rings. The van der Waals surface area contributed by atoms with Crippen molar-refractivity contribution in [3.63, 3.8) is 0 Å². The predicted octanol–water partition coefficient (Wildman–Crippen LogP) is 7.78. The molecule has 0 unspecified atom stereocenters. The fourth-order valence-corrected chi connectivity index (χ4v) is 6.60. The van der Waals surface area contributed by atoms with E-state index in [4.69, 9.17) is 24.3 Å². The molecule has 4 aromatic rings. The molecule has 3 aliphatic rings. The van der Waals surface area contributed by atoms with Gasteiger partial charge in [0.05, 0.1) is 28.6 Å². The van der Waals surface area contributed by atoms with Crippen LogP contribution < -0.4 is 9.64 Å². The van der Waals surface area contributed by atoms with Gasteiger partial charge in [-0.05, 0) is 91.3 Å². The van der Waals surface area contributed by atoms with Crippen molar-refractivity contribution in [1.29, 1.82) is 0 Å². The van der Waals surface area contributed by atoms with Gasteiger partial charge in [-0.15, -0.1) is 0 Å². The Hall–Kier alpha value is -4.02. The topological polar surface area (TPSA) is 98.4 Å². The number of para-hydroxylation sites is 1. The molecule has 2 aromatic heterocycles. The number of carboxylic acids is 1. The molecule has 0 spiro atoms. The van der Waals surface area contributed by atoms with Crippen LogP contribution in [0.1, 0.15) is 84.1 Å². The Morgan fingerprint density at radius 2 is 1.83 bits per heavy atom. The average Bonchev–Trinajstić information content (AvgIpc) is 3.43. The fourth-order valence-electron chi connectivity index (χ4n) is 6.60. The number of aryl methyl sites for hydroxylation is 1. The van der Waals surface area contributed by atoms with Crippen LogP contribution in [0.3, 0.4) is 0 Å². The number of fused-ring (bicyclic) bond motifs is 8. The summed E-state index contributed by atoms with van der Waals surface area (Å²) in [6.07, 6.45) is 2.65. The van der Waals surface area contributed by atoms with E-state index in [1.165, 1.54) is 6.07 Å². The Balaban J connectivity index is 1.54. The first-order valence-corrected chi connectivity index (χ1v) is 16.6. The largest absolute Gasteiger partial charge is 0.487 e. The van der Waals surface area contributed by atoms with E-state index in [1.807, 2.05) is 71.0 Å². The van der Waals surface area contributed by atoms with Gasteiger partial charge < -0.3 is 24.2 Å². The van der Waals surface area contributed by atoms with Crippen LogP contribution in [0.15, 0.2) is 48.5 Å². The standard InChI is InChI=1S/C37H45FN4O5/c1-23-11-7-8-20-45-37(6)16-18-41(19-17-37)34-31(33(35(43)44)47-36(3,4)5)24(2)39-30-22-29(40-42(30)34)26-13-9-12-25(21-26)27-14-10-15-28(38)32(27)46-23/h9-10,12-15,21-23,33H,7-8,11,16-20H2,1-6H3,(H,43,44)/t23-,33-/m0/s1. The highest BCUT2D eigenvalue weighted by Gasteiger charge is 2.38. The highest BCUT2D eigenvalue weighted by molar-refractivity contribution is 5.80. The van der Waals surface area contributed by atoms with E-state index in [0.29, 0.717) is 53.7 Å². The molecule has 47 heavy (non-hydrogen) atoms. The van der Waals surface area contributed by atoms with Crippen molar-refractivity contribution in [2.75, 3.05) is 24.6 Å². The van der Waals surface area contributed by atoms with Crippen molar-refractivity contribution in [2.24, 2.45) is 0 Å². The third-order valence-corrected chi connectivity index (χ3v) is 9.09. The summed E-state index contributed by atoms with van der Waals surface area (Å²) in [5.74, 6) is -0.589. The first-order chi connectivity index (χ1) is 22.3. The number of nitrogens with zero attached hydrogens (tertiary/aromatic N) is 4. The molecule has 1 saturated heterocycles. The van der Waals surface area contributed by atoms with Crippen LogP contribution in [0.25, 0.3) is 28.0 Å². The summed E-state index contributed by atoms with van der Waals surface area (Å²) in [4.78, 5) is 19.9. The zero-order valence-corrected chi connectivity index (χ0v) is 28.2. The van der Waals surface area contributed by atoms with Crippen molar-refractivity contribution < 1.29 is 28.5 Å². The van der Waals surface area contributed by atoms with E-state index in [0.717, 1.165) is 43.2 Å². The maximum Gasteiger partial charge on any atom is 0.337 e. The summed E-state index contributed by atoms with van der Waals surface area (Å²) >= 11 is 0. The summed E-state index contributed by atoms with van der Waals surface area (Å²) in [5.41, 5.74) is 3.57. The third-order valence-electron chi connectivity index (χ3n) is 9.09. The lowest BCUT2D eigenvalue weighted by atomic mass is 9.92. The van der Waals surface area contributed by atoms with E-state index in [2.05, 4.69) is 11.8 Å². The van der Waals surface area contributed by atoms with Gasteiger partial charge in [-0.1, -0.05) is 30.3 Å². The van der Waals surface area contributed by atoms with Gasteiger partial charge in [-0.25, -0.2) is 14.2 Å². The Morgan fingerprint density at radius 3 is 2.55 bits per heavy atom. The van der Waals surface area contributed by atoms with Gasteiger partial charge in [-0.3, -0.25) is 0 Å². The predicted molar refractivity (Wildman–Crippen MR) is 180 cm³/mol. The molecule has 7 rings (SSSR count). The zero-order chi connectivity index (χ0) is 33.5. The molecule has 2 atom stereocenters. The average molecular weight is 645 g/mol. The van der Waals surface area contributed by atoms with Crippen LogP contribution in [-0.4, -0.2) is 62.7 Å². The molecular weight excluding hydrogens is 599 g/mol. The molecule has 9 nitrogen and oxygen atoms in total. The second-order valence-electron chi connectivity index (χ2n) is 14.1. The Morgan fingerprint density at radius 1 is 1.11 bits per heavy atom. The summed E-state index contributed by atoms with van der Waals surface area (Å²) < 4.78 is 35.9. The van der Waals surface area contributed by atoms with Crippen molar-refractivity contribution in [3.8, 4) is 28.1 Å². The second-order valence-corrected chi connectivity index (χ2v) is 14.1. The number of hydrogen-bond acceptors (Lipinski definition) is 7. The smallest absolute Gasteiger partial charge is 0.337 e. The number of carboxylic acid groups (broad SMARTS) is 1. The molecule has 0 radical (unpaired) electrons. The first kappa shape index (κ1) is 32.9. The van der Waals surface area contributed by atoms with Gasteiger partial charge in [-0.2, -0.15) is 9.61 Å². The van der Waals surface area contributed by atoms with Crippen molar-refractivity contribution in [1.82, 2.24) is 14.6 Å². The SMILES string of the molecule is Cc1nc2cc3nn2c(c1[C@H](OC(C)(C)C)C(=O)O)N1CCC(C)(CC1)OCCCC[C@H](C)Oc1c(F)cccc1-c1cccc-3c1. The molecule has 0 saturated carbocycles. The summed E-state index contributed by atoms with van der Waals surface area (Å²) in [6.45, 7) is 13.4. The number of piperidine rings is 1. The highest BCUT2D eigenvalue weighted by atomic mass is 19.1. The number of aliphatic carboxylic acids is 1. The molecule has 6 bridgehead atoms. The third kappa shape index (κ3) is 6.99. The number of halogens is 1. The van der Waals surface area contributed by atoms with Crippen LogP contribution in [0.4, 0.5) is 10.2 Å². The van der Waals surface area contributed by atoms with Crippen molar-refractivity contribution in [2.45, 2.75) is 97.1 Å². The number of ether oxygens (including phenoxy) is 3. The van der Waals surface area contributed by atoms with Gasteiger partial charge in [0.25, 0.3) is 0 Å². The number of hydrogen-bond donors (Lipinski definition) is 1. The van der Waals surface area contributed by atoms with Crippen LogP contribution in [0.5, 0.6) is 5.75 Å². The van der Waals surface area contributed by atoms with Gasteiger partial charge in [0.15, 0.2) is 23.3 Å². The van der Waals surface area contributed by atoms with Gasteiger partial charge >= 0.3 is 5.97 Å². The highest BCUT2D eigenvalue weighted by Crippen LogP contribution is 2.40. The molecule has 250 valence electrons. The maximum atomic E-state index is 15.2. The minimum Gasteiger partial charge on any atom is -0.487 e. The minimum atomic E-state index is -1.25. The second kappa shape index (κ2) is 12.9. The number of benzene rings is 2. The molecule has 10 heteroatoms. The Bertz CT molecular complexity index is 1770. The van der Waals surface area contributed by atoms with E-state index in [1.54, 1.807) is 10.6 Å². The summed E-state index contributed by atoms with van der Waals surface area (Å²) in [5, 5.41) is 15.5. The lowest BCUT2D eigenvalue weighted by Crippen LogP contribution is -2.46. The Kier molecular flexibility index (Phi) is 9.02. The normalized spacial score (nSPS) is 21.3. The first-order valence-electron chi connectivity index (χ1n) is 16.6. The van der Waals surface area contributed by atoms with E-state index in [9.17, 15) is 9.90 Å². The molecule has 3 aliphatic heterocycles. The van der Waals surface area contributed by atoms with E-state index in [-0.39, 0.29) is 17.5 Å². The summed E-state index contributed by atoms with van der Waals surface area (Å²) in [6, 6.07) is 14.7. The van der Waals surface area contributed by atoms with Crippen LogP contribution in [0, 0.1) is 12.7 Å².